The van der Waals surface area contributed by atoms with Gasteiger partial charge in [-0.15, -0.1) is 33.3 Å². The molecular formula is C20H23N3OS. The summed E-state index contributed by atoms with van der Waals surface area (Å²) in [7, 11) is 0. The number of aromatic hydroxyl groups is 1. The van der Waals surface area contributed by atoms with Crippen LogP contribution in [0.2, 0.25) is 0 Å². The predicted molar refractivity (Wildman–Crippen MR) is 105 cm³/mol. The van der Waals surface area contributed by atoms with Gasteiger partial charge in [-0.25, -0.2) is 0 Å². The number of benzene rings is 2. The summed E-state index contributed by atoms with van der Waals surface area (Å²) >= 11 is 1.71. The molecule has 130 valence electrons. The first-order valence-corrected chi connectivity index (χ1v) is 9.40. The van der Waals surface area contributed by atoms with Crippen LogP contribution >= 0.6 is 11.8 Å². The van der Waals surface area contributed by atoms with Crippen molar-refractivity contribution in [2.45, 2.75) is 32.1 Å². The minimum atomic E-state index is 0.265. The van der Waals surface area contributed by atoms with Crippen molar-refractivity contribution in [2.75, 3.05) is 5.75 Å². The number of aryl methyl sites for hydroxylation is 1. The van der Waals surface area contributed by atoms with Gasteiger partial charge < -0.3 is 5.11 Å². The number of nitrogens with zero attached hydrogens (tertiary/aromatic N) is 3. The highest BCUT2D eigenvalue weighted by atomic mass is 32.2. The van der Waals surface area contributed by atoms with Crippen molar-refractivity contribution in [3.8, 4) is 11.4 Å². The molecule has 0 bridgehead atoms. The molecule has 0 fully saturated rings. The lowest BCUT2D eigenvalue weighted by molar-refractivity contribution is 0.455. The van der Waals surface area contributed by atoms with E-state index >= 15 is 0 Å². The lowest BCUT2D eigenvalue weighted by Gasteiger charge is -2.12. The van der Waals surface area contributed by atoms with Crippen LogP contribution in [0.4, 0.5) is 0 Å². The average molecular weight is 353 g/mol. The Hall–Kier alpha value is -2.27. The van der Waals surface area contributed by atoms with Crippen LogP contribution in [0.5, 0.6) is 5.75 Å². The molecule has 0 aliphatic carbocycles. The van der Waals surface area contributed by atoms with E-state index in [9.17, 15) is 5.11 Å². The maximum Gasteiger partial charge on any atom is 0.146 e. The predicted octanol–water partition coefficient (Wildman–Crippen LogP) is 4.91. The molecule has 1 aromatic heterocycles. The highest BCUT2D eigenvalue weighted by molar-refractivity contribution is 7.99. The Labute approximate surface area is 152 Å². The first-order valence-electron chi connectivity index (χ1n) is 8.41. The average Bonchev–Trinajstić information content (AvgIpc) is 2.98. The van der Waals surface area contributed by atoms with Gasteiger partial charge >= 0.3 is 0 Å². The smallest absolute Gasteiger partial charge is 0.146 e. The molecule has 3 rings (SSSR count). The maximum atomic E-state index is 10.7. The molecule has 0 amide bonds. The van der Waals surface area contributed by atoms with E-state index in [1.165, 1.54) is 0 Å². The van der Waals surface area contributed by atoms with Crippen molar-refractivity contribution in [1.82, 2.24) is 15.0 Å². The van der Waals surface area contributed by atoms with Crippen LogP contribution in [0.1, 0.15) is 25.0 Å². The monoisotopic (exact) mass is 353 g/mol. The van der Waals surface area contributed by atoms with Crippen LogP contribution in [-0.2, 0) is 6.42 Å². The first kappa shape index (κ1) is 17.5. The van der Waals surface area contributed by atoms with Gasteiger partial charge in [-0.3, -0.25) is 0 Å². The Morgan fingerprint density at radius 1 is 1.20 bits per heavy atom. The van der Waals surface area contributed by atoms with Crippen LogP contribution in [0.25, 0.3) is 16.7 Å². The highest BCUT2D eigenvalue weighted by Gasteiger charge is 2.14. The zero-order valence-corrected chi connectivity index (χ0v) is 15.7. The normalized spacial score (nSPS) is 11.4. The summed E-state index contributed by atoms with van der Waals surface area (Å²) < 4.78 is 0. The SMILES string of the molecule is C=CCSc1ccc2nn(-c3cc(C)cc(CC(C)C)c3O)nc2c1. The Kier molecular flexibility index (Phi) is 5.13. The van der Waals surface area contributed by atoms with Crippen molar-refractivity contribution in [1.29, 1.82) is 0 Å². The van der Waals surface area contributed by atoms with Gasteiger partial charge in [0.1, 0.15) is 22.5 Å². The van der Waals surface area contributed by atoms with E-state index in [0.717, 1.165) is 39.2 Å². The molecule has 4 nitrogen and oxygen atoms in total. The van der Waals surface area contributed by atoms with E-state index < -0.39 is 0 Å². The van der Waals surface area contributed by atoms with Crippen LogP contribution in [0.3, 0.4) is 0 Å². The maximum absolute atomic E-state index is 10.7. The molecule has 0 saturated carbocycles. The van der Waals surface area contributed by atoms with E-state index in [2.05, 4.69) is 30.6 Å². The zero-order chi connectivity index (χ0) is 18.0. The molecule has 3 aromatic rings. The van der Waals surface area contributed by atoms with E-state index in [1.807, 2.05) is 43.3 Å². The number of phenolic OH excluding ortho intramolecular Hbond substituents is 1. The molecule has 1 N–H and O–H groups in total. The van der Waals surface area contributed by atoms with Gasteiger partial charge in [0.25, 0.3) is 0 Å². The summed E-state index contributed by atoms with van der Waals surface area (Å²) in [6, 6.07) is 9.98. The molecule has 0 spiro atoms. The van der Waals surface area contributed by atoms with Gasteiger partial charge in [0, 0.05) is 10.6 Å². The van der Waals surface area contributed by atoms with Gasteiger partial charge in [-0.1, -0.05) is 26.0 Å². The molecule has 0 saturated heterocycles. The molecular weight excluding hydrogens is 330 g/mol. The number of fused-ring (bicyclic) bond motifs is 1. The third kappa shape index (κ3) is 3.87. The third-order valence-corrected chi connectivity index (χ3v) is 4.87. The van der Waals surface area contributed by atoms with E-state index in [4.69, 9.17) is 0 Å². The van der Waals surface area contributed by atoms with Crippen LogP contribution in [-0.4, -0.2) is 25.9 Å². The summed E-state index contributed by atoms with van der Waals surface area (Å²) in [6.07, 6.45) is 2.70. The zero-order valence-electron chi connectivity index (χ0n) is 14.9. The first-order chi connectivity index (χ1) is 12.0. The number of hydrogen-bond donors (Lipinski definition) is 1. The van der Waals surface area contributed by atoms with Crippen molar-refractivity contribution in [2.24, 2.45) is 5.92 Å². The minimum Gasteiger partial charge on any atom is -0.505 e. The fourth-order valence-corrected chi connectivity index (χ4v) is 3.50. The number of hydrogen-bond acceptors (Lipinski definition) is 4. The summed E-state index contributed by atoms with van der Waals surface area (Å²) in [5.74, 6) is 1.59. The molecule has 0 aliphatic rings. The fourth-order valence-electron chi connectivity index (χ4n) is 2.83. The molecule has 0 unspecified atom stereocenters. The topological polar surface area (TPSA) is 50.9 Å². The molecule has 2 aromatic carbocycles. The fraction of sp³-hybridized carbons (Fsp3) is 0.300. The third-order valence-electron chi connectivity index (χ3n) is 3.88. The summed E-state index contributed by atoms with van der Waals surface area (Å²) in [6.45, 7) is 10.1. The Balaban J connectivity index is 2.04. The summed E-state index contributed by atoms with van der Waals surface area (Å²) in [4.78, 5) is 2.67. The molecule has 1 heterocycles. The largest absolute Gasteiger partial charge is 0.505 e. The van der Waals surface area contributed by atoms with Crippen molar-refractivity contribution < 1.29 is 5.11 Å². The Bertz CT molecular complexity index is 915. The van der Waals surface area contributed by atoms with E-state index in [0.29, 0.717) is 11.6 Å². The van der Waals surface area contributed by atoms with Crippen LogP contribution in [0, 0.1) is 12.8 Å². The number of aromatic nitrogens is 3. The van der Waals surface area contributed by atoms with Gasteiger partial charge in [-0.2, -0.15) is 0 Å². The van der Waals surface area contributed by atoms with Gasteiger partial charge in [0.05, 0.1) is 0 Å². The molecule has 5 heteroatoms. The highest BCUT2D eigenvalue weighted by Crippen LogP contribution is 2.30. The number of rotatable bonds is 6. The van der Waals surface area contributed by atoms with Crippen LogP contribution < -0.4 is 0 Å². The lowest BCUT2D eigenvalue weighted by atomic mass is 9.99. The molecule has 0 atom stereocenters. The molecule has 0 radical (unpaired) electrons. The molecule has 0 aliphatic heterocycles. The van der Waals surface area contributed by atoms with Crippen molar-refractivity contribution in [3.63, 3.8) is 0 Å². The van der Waals surface area contributed by atoms with E-state index in [1.54, 1.807) is 16.6 Å². The van der Waals surface area contributed by atoms with Crippen molar-refractivity contribution in [3.05, 3.63) is 54.1 Å². The van der Waals surface area contributed by atoms with Gasteiger partial charge in [-0.05, 0) is 54.7 Å². The lowest BCUT2D eigenvalue weighted by Crippen LogP contribution is -2.03. The second-order valence-corrected chi connectivity index (χ2v) is 7.72. The standard InChI is InChI=1S/C20H23N3OS/c1-5-8-25-16-6-7-17-18(12-16)22-23(21-17)19-11-14(4)10-15(20(19)24)9-13(2)3/h5-7,10-13,24H,1,8-9H2,2-4H3. The summed E-state index contributed by atoms with van der Waals surface area (Å²) in [5, 5.41) is 19.8. The number of thioether (sulfide) groups is 1. The second-order valence-electron chi connectivity index (χ2n) is 6.63. The van der Waals surface area contributed by atoms with Gasteiger partial charge in [0.15, 0.2) is 0 Å². The summed E-state index contributed by atoms with van der Waals surface area (Å²) in [5.41, 5.74) is 4.29. The van der Waals surface area contributed by atoms with Crippen molar-refractivity contribution >= 4 is 22.8 Å². The minimum absolute atomic E-state index is 0.265. The molecule has 25 heavy (non-hydrogen) atoms. The van der Waals surface area contributed by atoms with Crippen LogP contribution in [0.15, 0.2) is 47.9 Å². The Morgan fingerprint density at radius 3 is 2.68 bits per heavy atom. The van der Waals surface area contributed by atoms with E-state index in [-0.39, 0.29) is 5.75 Å². The number of phenols is 1. The van der Waals surface area contributed by atoms with Gasteiger partial charge in [0.2, 0.25) is 0 Å². The second kappa shape index (κ2) is 7.31. The Morgan fingerprint density at radius 2 is 1.96 bits per heavy atom. The quantitative estimate of drug-likeness (QED) is 0.505.